The molecule has 4 nitrogen and oxygen atoms in total. The lowest BCUT2D eigenvalue weighted by molar-refractivity contribution is -0.135. The molecule has 3 atom stereocenters. The molecule has 1 aliphatic heterocycles. The predicted molar refractivity (Wildman–Crippen MR) is 93.4 cm³/mol. The highest BCUT2D eigenvalue weighted by molar-refractivity contribution is 5.85. The van der Waals surface area contributed by atoms with Gasteiger partial charge in [-0.05, 0) is 26.3 Å². The molecule has 0 saturated carbocycles. The minimum absolute atomic E-state index is 0. The Morgan fingerprint density at radius 3 is 2.41 bits per heavy atom. The maximum Gasteiger partial charge on any atom is 0.239 e. The van der Waals surface area contributed by atoms with Crippen LogP contribution in [0.4, 0.5) is 0 Å². The van der Waals surface area contributed by atoms with E-state index >= 15 is 0 Å². The second-order valence-electron chi connectivity index (χ2n) is 5.82. The zero-order valence-electron chi connectivity index (χ0n) is 13.7. The smallest absolute Gasteiger partial charge is 0.239 e. The van der Waals surface area contributed by atoms with Gasteiger partial charge in [-0.15, -0.1) is 12.4 Å². The molecule has 2 N–H and O–H groups in total. The molecule has 2 rings (SSSR count). The minimum atomic E-state index is -0.0929. The Hall–Kier alpha value is -1.10. The number of carbonyl (C=O) groups excluding carboxylic acids is 1. The van der Waals surface area contributed by atoms with Crippen molar-refractivity contribution in [3.8, 4) is 0 Å². The van der Waals surface area contributed by atoms with E-state index in [4.69, 9.17) is 5.73 Å². The Morgan fingerprint density at radius 1 is 1.27 bits per heavy atom. The maximum atomic E-state index is 12.5. The van der Waals surface area contributed by atoms with E-state index < -0.39 is 0 Å². The summed E-state index contributed by atoms with van der Waals surface area (Å²) in [4.78, 5) is 16.6. The van der Waals surface area contributed by atoms with Crippen molar-refractivity contribution in [1.82, 2.24) is 9.80 Å². The van der Waals surface area contributed by atoms with Gasteiger partial charge in [-0.2, -0.15) is 0 Å². The van der Waals surface area contributed by atoms with Crippen LogP contribution >= 0.6 is 12.4 Å². The summed E-state index contributed by atoms with van der Waals surface area (Å²) >= 11 is 0. The van der Waals surface area contributed by atoms with E-state index in [-0.39, 0.29) is 30.4 Å². The Bertz CT molecular complexity index is 464. The molecular formula is C17H28ClN3O. The van der Waals surface area contributed by atoms with Crippen LogP contribution in [0.15, 0.2) is 30.3 Å². The van der Waals surface area contributed by atoms with Crippen LogP contribution in [-0.2, 0) is 4.79 Å². The van der Waals surface area contributed by atoms with Gasteiger partial charge in [0.25, 0.3) is 0 Å². The first-order valence-corrected chi connectivity index (χ1v) is 7.91. The third-order valence-corrected chi connectivity index (χ3v) is 4.60. The molecule has 1 aliphatic rings. The van der Waals surface area contributed by atoms with Gasteiger partial charge in [0.2, 0.25) is 5.91 Å². The molecule has 0 aromatic heterocycles. The van der Waals surface area contributed by atoms with Gasteiger partial charge >= 0.3 is 0 Å². The SMILES string of the molecule is CCN(CC)C(=O)C(C)N1C[C@@H](N)[C@H](c2ccccc2)C1.Cl. The number of benzene rings is 1. The zero-order chi connectivity index (χ0) is 15.4. The van der Waals surface area contributed by atoms with E-state index in [1.165, 1.54) is 5.56 Å². The standard InChI is InChI=1S/C17H27N3O.ClH/c1-4-19(5-2)17(21)13(3)20-11-15(16(18)12-20)14-9-7-6-8-10-14;/h6-10,13,15-16H,4-5,11-12,18H2,1-3H3;1H/t13?,15-,16+;/m0./s1. The van der Waals surface area contributed by atoms with E-state index in [0.717, 1.165) is 26.2 Å². The Morgan fingerprint density at radius 2 is 1.86 bits per heavy atom. The van der Waals surface area contributed by atoms with E-state index in [1.54, 1.807) is 0 Å². The summed E-state index contributed by atoms with van der Waals surface area (Å²) in [5.41, 5.74) is 7.59. The van der Waals surface area contributed by atoms with Gasteiger partial charge in [-0.1, -0.05) is 30.3 Å². The second-order valence-corrected chi connectivity index (χ2v) is 5.82. The van der Waals surface area contributed by atoms with Crippen molar-refractivity contribution in [2.45, 2.75) is 38.8 Å². The lowest BCUT2D eigenvalue weighted by atomic mass is 9.95. The zero-order valence-corrected chi connectivity index (χ0v) is 14.6. The van der Waals surface area contributed by atoms with E-state index in [9.17, 15) is 4.79 Å². The highest BCUT2D eigenvalue weighted by Gasteiger charge is 2.36. The quantitative estimate of drug-likeness (QED) is 0.902. The van der Waals surface area contributed by atoms with Crippen molar-refractivity contribution < 1.29 is 4.79 Å². The van der Waals surface area contributed by atoms with Crippen LogP contribution in [0.2, 0.25) is 0 Å². The predicted octanol–water partition coefficient (Wildman–Crippen LogP) is 2.09. The number of hydrogen-bond acceptors (Lipinski definition) is 3. The van der Waals surface area contributed by atoms with Gasteiger partial charge in [-0.25, -0.2) is 0 Å². The molecule has 0 radical (unpaired) electrons. The molecule has 1 amide bonds. The molecule has 1 saturated heterocycles. The Labute approximate surface area is 140 Å². The first-order valence-electron chi connectivity index (χ1n) is 7.91. The van der Waals surface area contributed by atoms with Crippen LogP contribution < -0.4 is 5.73 Å². The third kappa shape index (κ3) is 4.00. The molecule has 124 valence electrons. The third-order valence-electron chi connectivity index (χ3n) is 4.60. The molecule has 22 heavy (non-hydrogen) atoms. The molecule has 1 unspecified atom stereocenters. The summed E-state index contributed by atoms with van der Waals surface area (Å²) in [6, 6.07) is 10.4. The largest absolute Gasteiger partial charge is 0.342 e. The minimum Gasteiger partial charge on any atom is -0.342 e. The molecule has 1 aromatic rings. The number of likely N-dealkylation sites (tertiary alicyclic amines) is 1. The molecule has 0 bridgehead atoms. The summed E-state index contributed by atoms with van der Waals surface area (Å²) in [7, 11) is 0. The van der Waals surface area contributed by atoms with Crippen molar-refractivity contribution >= 4 is 18.3 Å². The molecule has 0 aliphatic carbocycles. The van der Waals surface area contributed by atoms with Gasteiger partial charge in [-0.3, -0.25) is 9.69 Å². The van der Waals surface area contributed by atoms with Crippen molar-refractivity contribution in [3.63, 3.8) is 0 Å². The normalized spacial score (nSPS) is 22.9. The van der Waals surface area contributed by atoms with Gasteiger partial charge < -0.3 is 10.6 Å². The van der Waals surface area contributed by atoms with E-state index in [2.05, 4.69) is 29.2 Å². The molecule has 1 fully saturated rings. The first kappa shape index (κ1) is 18.9. The number of halogens is 1. The van der Waals surface area contributed by atoms with Crippen molar-refractivity contribution in [3.05, 3.63) is 35.9 Å². The van der Waals surface area contributed by atoms with E-state index in [0.29, 0.717) is 5.92 Å². The molecule has 0 spiro atoms. The van der Waals surface area contributed by atoms with Crippen LogP contribution in [0.5, 0.6) is 0 Å². The maximum absolute atomic E-state index is 12.5. The number of rotatable bonds is 5. The van der Waals surface area contributed by atoms with Crippen LogP contribution in [0.3, 0.4) is 0 Å². The van der Waals surface area contributed by atoms with Gasteiger partial charge in [0, 0.05) is 38.1 Å². The average molecular weight is 326 g/mol. The number of hydrogen-bond donors (Lipinski definition) is 1. The first-order chi connectivity index (χ1) is 10.1. The fourth-order valence-corrected chi connectivity index (χ4v) is 3.19. The Balaban J connectivity index is 0.00000242. The monoisotopic (exact) mass is 325 g/mol. The Kier molecular flexibility index (Phi) is 7.33. The van der Waals surface area contributed by atoms with Gasteiger partial charge in [0.15, 0.2) is 0 Å². The van der Waals surface area contributed by atoms with E-state index in [1.807, 2.05) is 31.7 Å². The van der Waals surface area contributed by atoms with Crippen LogP contribution in [0, 0.1) is 0 Å². The molecule has 1 aromatic carbocycles. The van der Waals surface area contributed by atoms with Gasteiger partial charge in [0.1, 0.15) is 0 Å². The van der Waals surface area contributed by atoms with Crippen molar-refractivity contribution in [1.29, 1.82) is 0 Å². The molecule has 1 heterocycles. The van der Waals surface area contributed by atoms with Crippen LogP contribution in [0.1, 0.15) is 32.3 Å². The average Bonchev–Trinajstić information content (AvgIpc) is 2.90. The number of nitrogens with two attached hydrogens (primary N) is 1. The van der Waals surface area contributed by atoms with Crippen molar-refractivity contribution in [2.24, 2.45) is 5.73 Å². The number of carbonyl (C=O) groups is 1. The second kappa shape index (κ2) is 8.51. The van der Waals surface area contributed by atoms with Gasteiger partial charge in [0.05, 0.1) is 6.04 Å². The summed E-state index contributed by atoms with van der Waals surface area (Å²) in [6.45, 7) is 9.23. The lowest BCUT2D eigenvalue weighted by Crippen LogP contribution is -2.46. The topological polar surface area (TPSA) is 49.6 Å². The molecule has 5 heteroatoms. The summed E-state index contributed by atoms with van der Waals surface area (Å²) in [5.74, 6) is 0.527. The highest BCUT2D eigenvalue weighted by atomic mass is 35.5. The number of likely N-dealkylation sites (N-methyl/N-ethyl adjacent to an activating group) is 1. The fourth-order valence-electron chi connectivity index (χ4n) is 3.19. The fraction of sp³-hybridized carbons (Fsp3) is 0.588. The number of nitrogens with zero attached hydrogens (tertiary/aromatic N) is 2. The van der Waals surface area contributed by atoms with Crippen LogP contribution in [-0.4, -0.2) is 54.0 Å². The molecular weight excluding hydrogens is 298 g/mol. The number of amides is 1. The summed E-state index contributed by atoms with van der Waals surface area (Å²) in [6.07, 6.45) is 0. The summed E-state index contributed by atoms with van der Waals surface area (Å²) < 4.78 is 0. The van der Waals surface area contributed by atoms with Crippen LogP contribution in [0.25, 0.3) is 0 Å². The summed E-state index contributed by atoms with van der Waals surface area (Å²) in [5, 5.41) is 0. The highest BCUT2D eigenvalue weighted by Crippen LogP contribution is 2.27. The lowest BCUT2D eigenvalue weighted by Gasteiger charge is -2.29. The van der Waals surface area contributed by atoms with Crippen molar-refractivity contribution in [2.75, 3.05) is 26.2 Å².